The molecule has 0 radical (unpaired) electrons. The molecule has 0 spiro atoms. The van der Waals surface area contributed by atoms with Gasteiger partial charge in [-0.2, -0.15) is 0 Å². The van der Waals surface area contributed by atoms with E-state index in [1.165, 1.54) is 6.08 Å². The van der Waals surface area contributed by atoms with Gasteiger partial charge < -0.3 is 18.9 Å². The number of rotatable bonds is 8. The lowest BCUT2D eigenvalue weighted by Gasteiger charge is -2.08. The minimum Gasteiger partial charge on any atom is -0.493 e. The average Bonchev–Trinajstić information content (AvgIpc) is 2.63. The third kappa shape index (κ3) is 5.88. The Labute approximate surface area is 147 Å². The molecule has 0 aliphatic rings. The van der Waals surface area contributed by atoms with Crippen LogP contribution in [0, 0.1) is 6.92 Å². The molecule has 25 heavy (non-hydrogen) atoms. The molecular formula is C20H22O5. The molecule has 2 rings (SSSR count). The van der Waals surface area contributed by atoms with Crippen molar-refractivity contribution in [3.63, 3.8) is 0 Å². The molecule has 0 aliphatic heterocycles. The van der Waals surface area contributed by atoms with Crippen LogP contribution in [-0.2, 0) is 9.53 Å². The number of methoxy groups -OCH3 is 2. The summed E-state index contributed by atoms with van der Waals surface area (Å²) in [5.41, 5.74) is 1.93. The van der Waals surface area contributed by atoms with Crippen molar-refractivity contribution in [1.82, 2.24) is 0 Å². The molecule has 2 aromatic carbocycles. The molecule has 5 heteroatoms. The molecule has 0 atom stereocenters. The van der Waals surface area contributed by atoms with Crippen LogP contribution in [0.3, 0.4) is 0 Å². The summed E-state index contributed by atoms with van der Waals surface area (Å²) < 4.78 is 21.0. The topological polar surface area (TPSA) is 54.0 Å². The Morgan fingerprint density at radius 1 is 1.00 bits per heavy atom. The zero-order chi connectivity index (χ0) is 18.1. The minimum absolute atomic E-state index is 0.184. The van der Waals surface area contributed by atoms with Gasteiger partial charge >= 0.3 is 5.97 Å². The number of carbonyl (C=O) groups excluding carboxylic acids is 1. The maximum absolute atomic E-state index is 11.7. The Morgan fingerprint density at radius 3 is 2.52 bits per heavy atom. The third-order valence-electron chi connectivity index (χ3n) is 3.41. The monoisotopic (exact) mass is 342 g/mol. The van der Waals surface area contributed by atoms with Crippen LogP contribution < -0.4 is 14.2 Å². The Kier molecular flexibility index (Phi) is 6.89. The van der Waals surface area contributed by atoms with Crippen molar-refractivity contribution in [3.05, 3.63) is 59.7 Å². The van der Waals surface area contributed by atoms with Gasteiger partial charge in [0, 0.05) is 6.08 Å². The number of benzene rings is 2. The van der Waals surface area contributed by atoms with Crippen LogP contribution in [0.15, 0.2) is 48.5 Å². The molecule has 0 saturated carbocycles. The van der Waals surface area contributed by atoms with Crippen molar-refractivity contribution in [1.29, 1.82) is 0 Å². The van der Waals surface area contributed by atoms with Crippen molar-refractivity contribution in [2.45, 2.75) is 6.92 Å². The molecular weight excluding hydrogens is 320 g/mol. The van der Waals surface area contributed by atoms with Gasteiger partial charge in [-0.05, 0) is 48.4 Å². The van der Waals surface area contributed by atoms with Crippen LogP contribution in [0.5, 0.6) is 17.2 Å². The molecule has 0 aliphatic carbocycles. The zero-order valence-corrected chi connectivity index (χ0v) is 14.7. The Morgan fingerprint density at radius 2 is 1.80 bits per heavy atom. The van der Waals surface area contributed by atoms with Gasteiger partial charge in [0.25, 0.3) is 0 Å². The first-order chi connectivity index (χ1) is 12.1. The second kappa shape index (κ2) is 9.37. The van der Waals surface area contributed by atoms with Gasteiger partial charge in [0.15, 0.2) is 11.5 Å². The molecule has 0 N–H and O–H groups in total. The summed E-state index contributed by atoms with van der Waals surface area (Å²) in [6, 6.07) is 13.1. The van der Waals surface area contributed by atoms with Crippen LogP contribution in [0.25, 0.3) is 6.08 Å². The van der Waals surface area contributed by atoms with Gasteiger partial charge in [0.1, 0.15) is 19.0 Å². The van der Waals surface area contributed by atoms with Crippen LogP contribution in [0.4, 0.5) is 0 Å². The maximum atomic E-state index is 11.7. The summed E-state index contributed by atoms with van der Waals surface area (Å²) in [6.45, 7) is 2.48. The lowest BCUT2D eigenvalue weighted by Crippen LogP contribution is -2.10. The molecule has 0 fully saturated rings. The summed E-state index contributed by atoms with van der Waals surface area (Å²) in [5, 5.41) is 0. The summed E-state index contributed by atoms with van der Waals surface area (Å²) in [6.07, 6.45) is 3.03. The zero-order valence-electron chi connectivity index (χ0n) is 14.7. The Balaban J connectivity index is 1.79. The van der Waals surface area contributed by atoms with Crippen LogP contribution in [-0.4, -0.2) is 33.4 Å². The SMILES string of the molecule is COc1ccc(/C=C/C(=O)OCCOc2cccc(C)c2)cc1OC. The van der Waals surface area contributed by atoms with Crippen molar-refractivity contribution in [3.8, 4) is 17.2 Å². The first-order valence-corrected chi connectivity index (χ1v) is 7.88. The predicted molar refractivity (Wildman–Crippen MR) is 96.2 cm³/mol. The fourth-order valence-corrected chi connectivity index (χ4v) is 2.18. The Bertz CT molecular complexity index is 737. The predicted octanol–water partition coefficient (Wildman–Crippen LogP) is 3.65. The highest BCUT2D eigenvalue weighted by atomic mass is 16.6. The second-order valence-corrected chi connectivity index (χ2v) is 5.28. The molecule has 5 nitrogen and oxygen atoms in total. The number of aryl methyl sites for hydroxylation is 1. The van der Waals surface area contributed by atoms with Crippen LogP contribution in [0.1, 0.15) is 11.1 Å². The van der Waals surface area contributed by atoms with Crippen molar-refractivity contribution in [2.75, 3.05) is 27.4 Å². The molecule has 0 amide bonds. The molecule has 0 unspecified atom stereocenters. The van der Waals surface area contributed by atoms with Gasteiger partial charge in [0.2, 0.25) is 0 Å². The van der Waals surface area contributed by atoms with E-state index in [1.54, 1.807) is 32.4 Å². The smallest absolute Gasteiger partial charge is 0.330 e. The maximum Gasteiger partial charge on any atom is 0.330 e. The van der Waals surface area contributed by atoms with Gasteiger partial charge in [-0.3, -0.25) is 0 Å². The van der Waals surface area contributed by atoms with E-state index in [0.717, 1.165) is 16.9 Å². The highest BCUT2D eigenvalue weighted by Gasteiger charge is 2.03. The number of esters is 1. The van der Waals surface area contributed by atoms with Gasteiger partial charge in [-0.15, -0.1) is 0 Å². The summed E-state index contributed by atoms with van der Waals surface area (Å²) in [5.74, 6) is 1.57. The van der Waals surface area contributed by atoms with E-state index >= 15 is 0 Å². The quantitative estimate of drug-likeness (QED) is 0.416. The molecule has 0 saturated heterocycles. The second-order valence-electron chi connectivity index (χ2n) is 5.28. The van der Waals surface area contributed by atoms with E-state index in [2.05, 4.69) is 0 Å². The van der Waals surface area contributed by atoms with Crippen molar-refractivity contribution >= 4 is 12.0 Å². The fraction of sp³-hybridized carbons (Fsp3) is 0.250. The minimum atomic E-state index is -0.428. The van der Waals surface area contributed by atoms with Crippen LogP contribution in [0.2, 0.25) is 0 Å². The van der Waals surface area contributed by atoms with Crippen LogP contribution >= 0.6 is 0 Å². The first-order valence-electron chi connectivity index (χ1n) is 7.88. The molecule has 0 bridgehead atoms. The summed E-state index contributed by atoms with van der Waals surface area (Å²) in [4.78, 5) is 11.7. The number of ether oxygens (including phenoxy) is 4. The number of carbonyl (C=O) groups is 1. The standard InChI is InChI=1S/C20H22O5/c1-15-5-4-6-17(13-15)24-11-12-25-20(21)10-8-16-7-9-18(22-2)19(14-16)23-3/h4-10,13-14H,11-12H2,1-3H3/b10-8+. The lowest BCUT2D eigenvalue weighted by atomic mass is 10.2. The normalized spacial score (nSPS) is 10.5. The van der Waals surface area contributed by atoms with E-state index in [1.807, 2.05) is 37.3 Å². The van der Waals surface area contributed by atoms with Crippen molar-refractivity contribution in [2.24, 2.45) is 0 Å². The third-order valence-corrected chi connectivity index (χ3v) is 3.41. The summed E-state index contributed by atoms with van der Waals surface area (Å²) >= 11 is 0. The highest BCUT2D eigenvalue weighted by molar-refractivity contribution is 5.87. The van der Waals surface area contributed by atoms with E-state index in [9.17, 15) is 4.79 Å². The molecule has 132 valence electrons. The van der Waals surface area contributed by atoms with Crippen molar-refractivity contribution < 1.29 is 23.7 Å². The van der Waals surface area contributed by atoms with Gasteiger partial charge in [-0.25, -0.2) is 4.79 Å². The van der Waals surface area contributed by atoms with Gasteiger partial charge in [-0.1, -0.05) is 18.2 Å². The van der Waals surface area contributed by atoms with E-state index in [0.29, 0.717) is 18.1 Å². The summed E-state index contributed by atoms with van der Waals surface area (Å²) in [7, 11) is 3.14. The van der Waals surface area contributed by atoms with E-state index < -0.39 is 5.97 Å². The lowest BCUT2D eigenvalue weighted by molar-refractivity contribution is -0.138. The highest BCUT2D eigenvalue weighted by Crippen LogP contribution is 2.27. The molecule has 0 aromatic heterocycles. The van der Waals surface area contributed by atoms with Gasteiger partial charge in [0.05, 0.1) is 14.2 Å². The Hall–Kier alpha value is -2.95. The largest absolute Gasteiger partial charge is 0.493 e. The number of hydrogen-bond donors (Lipinski definition) is 0. The van der Waals surface area contributed by atoms with E-state index in [4.69, 9.17) is 18.9 Å². The number of hydrogen-bond acceptors (Lipinski definition) is 5. The fourth-order valence-electron chi connectivity index (χ4n) is 2.18. The average molecular weight is 342 g/mol. The molecule has 0 heterocycles. The molecule has 2 aromatic rings. The van der Waals surface area contributed by atoms with E-state index in [-0.39, 0.29) is 6.61 Å². The first kappa shape index (κ1) is 18.4.